The number of rotatable bonds is 8. The third-order valence-corrected chi connectivity index (χ3v) is 5.42. The Morgan fingerprint density at radius 1 is 1.07 bits per heavy atom. The summed E-state index contributed by atoms with van der Waals surface area (Å²) < 4.78 is 13.2. The molecule has 5 nitrogen and oxygen atoms in total. The quantitative estimate of drug-likeness (QED) is 0.483. The molecule has 1 N–H and O–H groups in total. The van der Waals surface area contributed by atoms with E-state index in [0.717, 1.165) is 33.0 Å². The summed E-state index contributed by atoms with van der Waals surface area (Å²) in [5.74, 6) is 1.66. The van der Waals surface area contributed by atoms with Crippen molar-refractivity contribution in [3.05, 3.63) is 71.6 Å². The lowest BCUT2D eigenvalue weighted by Crippen LogP contribution is -2.22. The Labute approximate surface area is 167 Å². The molecule has 0 aliphatic heterocycles. The molecule has 0 spiro atoms. The number of benzene rings is 2. The van der Waals surface area contributed by atoms with Gasteiger partial charge < -0.3 is 19.1 Å². The van der Waals surface area contributed by atoms with Gasteiger partial charge in [0.1, 0.15) is 5.75 Å². The zero-order valence-corrected chi connectivity index (χ0v) is 16.4. The van der Waals surface area contributed by atoms with E-state index in [-0.39, 0.29) is 6.61 Å². The monoisotopic (exact) mass is 394 g/mol. The summed E-state index contributed by atoms with van der Waals surface area (Å²) in [7, 11) is 1.64. The van der Waals surface area contributed by atoms with Crippen molar-refractivity contribution in [2.24, 2.45) is 0 Å². The van der Waals surface area contributed by atoms with Crippen molar-refractivity contribution in [2.75, 3.05) is 13.7 Å². The van der Waals surface area contributed by atoms with Gasteiger partial charge in [0.2, 0.25) is 0 Å². The molecule has 0 saturated heterocycles. The topological polar surface area (TPSA) is 56.5 Å². The van der Waals surface area contributed by atoms with Crippen LogP contribution in [0.5, 0.6) is 5.75 Å². The number of imidazole rings is 1. The first-order chi connectivity index (χ1) is 13.8. The molecule has 1 unspecified atom stereocenters. The average molecular weight is 394 g/mol. The van der Waals surface area contributed by atoms with Gasteiger partial charge >= 0.3 is 0 Å². The van der Waals surface area contributed by atoms with Crippen LogP contribution < -0.4 is 4.74 Å². The maximum atomic E-state index is 10.6. The van der Waals surface area contributed by atoms with E-state index < -0.39 is 6.10 Å². The van der Waals surface area contributed by atoms with E-state index in [1.165, 1.54) is 0 Å². The zero-order valence-electron chi connectivity index (χ0n) is 15.6. The van der Waals surface area contributed by atoms with Gasteiger partial charge in [-0.2, -0.15) is 0 Å². The molecule has 1 atom stereocenters. The number of nitrogens with zero attached hydrogens (tertiary/aromatic N) is 2. The van der Waals surface area contributed by atoms with Gasteiger partial charge in [-0.3, -0.25) is 0 Å². The Balaban J connectivity index is 1.48. The summed E-state index contributed by atoms with van der Waals surface area (Å²) in [6.45, 7) is 1.04. The second-order valence-electron chi connectivity index (χ2n) is 6.49. The Morgan fingerprint density at radius 3 is 2.71 bits per heavy atom. The highest BCUT2D eigenvalue weighted by Crippen LogP contribution is 2.28. The van der Waals surface area contributed by atoms with Crippen molar-refractivity contribution in [2.45, 2.75) is 19.3 Å². The van der Waals surface area contributed by atoms with Crippen molar-refractivity contribution in [3.63, 3.8) is 0 Å². The summed E-state index contributed by atoms with van der Waals surface area (Å²) in [6, 6.07) is 19.8. The van der Waals surface area contributed by atoms with E-state index in [9.17, 15) is 5.11 Å². The molecule has 2 aromatic heterocycles. The number of thiophene rings is 1. The zero-order chi connectivity index (χ0) is 19.3. The molecule has 0 bridgehead atoms. The van der Waals surface area contributed by atoms with Gasteiger partial charge in [-0.15, -0.1) is 11.3 Å². The van der Waals surface area contributed by atoms with Gasteiger partial charge in [0, 0.05) is 5.56 Å². The van der Waals surface area contributed by atoms with Crippen LogP contribution in [0.4, 0.5) is 0 Å². The van der Waals surface area contributed by atoms with E-state index in [2.05, 4.69) is 4.57 Å². The molecule has 0 aliphatic rings. The summed E-state index contributed by atoms with van der Waals surface area (Å²) in [4.78, 5) is 5.85. The normalized spacial score (nSPS) is 12.4. The van der Waals surface area contributed by atoms with Crippen LogP contribution in [0.2, 0.25) is 0 Å². The second-order valence-corrected chi connectivity index (χ2v) is 7.44. The number of hydrogen-bond donors (Lipinski definition) is 1. The summed E-state index contributed by atoms with van der Waals surface area (Å²) in [5.41, 5.74) is 2.90. The summed E-state index contributed by atoms with van der Waals surface area (Å²) in [5, 5.41) is 12.6. The van der Waals surface area contributed by atoms with Crippen molar-refractivity contribution in [3.8, 4) is 16.5 Å². The Morgan fingerprint density at radius 2 is 1.89 bits per heavy atom. The van der Waals surface area contributed by atoms with Gasteiger partial charge in [0.25, 0.3) is 0 Å². The number of para-hydroxylation sites is 3. The van der Waals surface area contributed by atoms with Crippen LogP contribution in [0.25, 0.3) is 21.7 Å². The molecule has 0 amide bonds. The average Bonchev–Trinajstić information content (AvgIpc) is 3.37. The lowest BCUT2D eigenvalue weighted by atomic mass is 10.2. The highest BCUT2D eigenvalue weighted by Gasteiger charge is 2.16. The predicted molar refractivity (Wildman–Crippen MR) is 112 cm³/mol. The highest BCUT2D eigenvalue weighted by molar-refractivity contribution is 7.13. The smallest absolute Gasteiger partial charge is 0.151 e. The van der Waals surface area contributed by atoms with Crippen LogP contribution in [-0.4, -0.2) is 34.5 Å². The number of methoxy groups -OCH3 is 1. The Hall–Kier alpha value is -2.67. The lowest BCUT2D eigenvalue weighted by Gasteiger charge is -2.15. The van der Waals surface area contributed by atoms with E-state index in [4.69, 9.17) is 14.5 Å². The molecule has 2 aromatic carbocycles. The molecule has 0 aliphatic carbocycles. The molecular weight excluding hydrogens is 372 g/mol. The Bertz CT molecular complexity index is 1040. The number of aromatic nitrogens is 2. The van der Waals surface area contributed by atoms with Crippen LogP contribution in [0.1, 0.15) is 5.56 Å². The fraction of sp³-hybridized carbons (Fsp3) is 0.227. The minimum atomic E-state index is -0.647. The standard InChI is InChI=1S/C22H22N2O3S/c1-26-20-10-5-2-7-16(20)14-27-15-17(25)13-24-19-9-4-3-8-18(19)23-22(24)21-11-6-12-28-21/h2-12,17,25H,13-15H2,1H3. The summed E-state index contributed by atoms with van der Waals surface area (Å²) in [6.07, 6.45) is -0.647. The van der Waals surface area contributed by atoms with Gasteiger partial charge in [0.05, 0.1) is 48.9 Å². The van der Waals surface area contributed by atoms with Gasteiger partial charge in [-0.05, 0) is 29.6 Å². The molecule has 6 heteroatoms. The van der Waals surface area contributed by atoms with Gasteiger partial charge in [-0.1, -0.05) is 36.4 Å². The molecule has 144 valence electrons. The van der Waals surface area contributed by atoms with E-state index in [1.54, 1.807) is 18.4 Å². The third-order valence-electron chi connectivity index (χ3n) is 4.55. The molecule has 0 saturated carbocycles. The highest BCUT2D eigenvalue weighted by atomic mass is 32.1. The van der Waals surface area contributed by atoms with E-state index >= 15 is 0 Å². The minimum Gasteiger partial charge on any atom is -0.496 e. The largest absolute Gasteiger partial charge is 0.496 e. The van der Waals surface area contributed by atoms with Crippen LogP contribution in [0, 0.1) is 0 Å². The fourth-order valence-corrected chi connectivity index (χ4v) is 3.97. The van der Waals surface area contributed by atoms with Crippen LogP contribution in [0.15, 0.2) is 66.0 Å². The number of aliphatic hydroxyl groups excluding tert-OH is 1. The predicted octanol–water partition coefficient (Wildman–Crippen LogP) is 4.35. The number of ether oxygens (including phenoxy) is 2. The molecule has 4 rings (SSSR count). The molecule has 0 fully saturated rings. The number of hydrogen-bond acceptors (Lipinski definition) is 5. The van der Waals surface area contributed by atoms with Crippen LogP contribution >= 0.6 is 11.3 Å². The first kappa shape index (κ1) is 18.7. The maximum absolute atomic E-state index is 10.6. The van der Waals surface area contributed by atoms with Gasteiger partial charge in [-0.25, -0.2) is 4.98 Å². The molecule has 28 heavy (non-hydrogen) atoms. The van der Waals surface area contributed by atoms with Crippen molar-refractivity contribution >= 4 is 22.4 Å². The third kappa shape index (κ3) is 3.94. The van der Waals surface area contributed by atoms with Crippen molar-refractivity contribution in [1.29, 1.82) is 0 Å². The molecular formula is C22H22N2O3S. The minimum absolute atomic E-state index is 0.231. The molecule has 2 heterocycles. The van der Waals surface area contributed by atoms with Crippen LogP contribution in [0.3, 0.4) is 0 Å². The maximum Gasteiger partial charge on any atom is 0.151 e. The van der Waals surface area contributed by atoms with Crippen molar-refractivity contribution < 1.29 is 14.6 Å². The van der Waals surface area contributed by atoms with Crippen molar-refractivity contribution in [1.82, 2.24) is 9.55 Å². The molecule has 4 aromatic rings. The SMILES string of the molecule is COc1ccccc1COCC(O)Cn1c(-c2cccs2)nc2ccccc21. The van der Waals surface area contributed by atoms with Gasteiger partial charge in [0.15, 0.2) is 5.82 Å². The molecule has 0 radical (unpaired) electrons. The fourth-order valence-electron chi connectivity index (χ4n) is 3.24. The Kier molecular flexibility index (Phi) is 5.71. The number of fused-ring (bicyclic) bond motifs is 1. The van der Waals surface area contributed by atoms with Crippen LogP contribution in [-0.2, 0) is 17.9 Å². The second kappa shape index (κ2) is 8.56. The van der Waals surface area contributed by atoms with E-state index in [1.807, 2.05) is 66.0 Å². The number of aliphatic hydroxyl groups is 1. The first-order valence-corrected chi connectivity index (χ1v) is 10.0. The van der Waals surface area contributed by atoms with E-state index in [0.29, 0.717) is 13.2 Å². The lowest BCUT2D eigenvalue weighted by molar-refractivity contribution is 0.0205. The summed E-state index contributed by atoms with van der Waals surface area (Å²) >= 11 is 1.64. The first-order valence-electron chi connectivity index (χ1n) is 9.13.